The molecule has 0 aromatic heterocycles. The van der Waals surface area contributed by atoms with Gasteiger partial charge in [-0.15, -0.1) is 0 Å². The lowest BCUT2D eigenvalue weighted by atomic mass is 9.82. The van der Waals surface area contributed by atoms with Gasteiger partial charge < -0.3 is 15.4 Å². The average Bonchev–Trinajstić information content (AvgIpc) is 2.64. The van der Waals surface area contributed by atoms with Crippen molar-refractivity contribution in [3.05, 3.63) is 0 Å². The minimum atomic E-state index is -0.166. The lowest BCUT2D eigenvalue weighted by Crippen LogP contribution is -2.49. The summed E-state index contributed by atoms with van der Waals surface area (Å²) in [4.78, 5) is 11.9. The number of nitrogens with one attached hydrogen (secondary N) is 2. The van der Waals surface area contributed by atoms with Gasteiger partial charge in [-0.1, -0.05) is 20.8 Å². The summed E-state index contributed by atoms with van der Waals surface area (Å²) in [7, 11) is 0. The molecule has 1 atom stereocenters. The van der Waals surface area contributed by atoms with Crippen molar-refractivity contribution >= 4 is 5.91 Å². The van der Waals surface area contributed by atoms with Gasteiger partial charge in [0.15, 0.2) is 0 Å². The van der Waals surface area contributed by atoms with Gasteiger partial charge in [-0.05, 0) is 38.5 Å². The van der Waals surface area contributed by atoms with Crippen LogP contribution in [-0.4, -0.2) is 37.2 Å². The number of amides is 1. The molecule has 0 spiro atoms. The Bertz CT molecular complexity index is 289. The van der Waals surface area contributed by atoms with Crippen molar-refractivity contribution in [1.82, 2.24) is 10.6 Å². The third kappa shape index (κ3) is 7.53. The fraction of sp³-hybridized carbons (Fsp3) is 0.933. The maximum Gasteiger partial charge on any atom is 0.234 e. The lowest BCUT2D eigenvalue weighted by Gasteiger charge is -2.33. The zero-order chi connectivity index (χ0) is 14.5. The molecule has 0 radical (unpaired) electrons. The molecule has 0 aromatic carbocycles. The number of carbonyl (C=O) groups excluding carboxylic acids is 1. The van der Waals surface area contributed by atoms with Crippen LogP contribution in [0, 0.1) is 5.41 Å². The Morgan fingerprint density at radius 2 is 1.95 bits per heavy atom. The van der Waals surface area contributed by atoms with Gasteiger partial charge in [0.2, 0.25) is 5.91 Å². The SMILES string of the molecule is CC(C)(C)CC(C)(C)NC(=O)CNCC1CCCO1. The van der Waals surface area contributed by atoms with E-state index in [0.29, 0.717) is 6.54 Å². The zero-order valence-corrected chi connectivity index (χ0v) is 13.1. The van der Waals surface area contributed by atoms with Crippen molar-refractivity contribution in [2.75, 3.05) is 19.7 Å². The van der Waals surface area contributed by atoms with E-state index < -0.39 is 0 Å². The second-order valence-electron chi connectivity index (χ2n) is 7.44. The van der Waals surface area contributed by atoms with E-state index in [1.54, 1.807) is 0 Å². The molecule has 1 rings (SSSR count). The molecule has 4 heteroatoms. The Labute approximate surface area is 117 Å². The second kappa shape index (κ2) is 6.71. The number of rotatable bonds is 6. The largest absolute Gasteiger partial charge is 0.377 e. The summed E-state index contributed by atoms with van der Waals surface area (Å²) in [5.41, 5.74) is 0.0444. The summed E-state index contributed by atoms with van der Waals surface area (Å²) in [6.45, 7) is 12.7. The van der Waals surface area contributed by atoms with E-state index in [4.69, 9.17) is 4.74 Å². The fourth-order valence-electron chi connectivity index (χ4n) is 2.94. The van der Waals surface area contributed by atoms with Crippen molar-refractivity contribution in [2.24, 2.45) is 5.41 Å². The molecule has 0 aliphatic carbocycles. The van der Waals surface area contributed by atoms with Crippen LogP contribution in [0.15, 0.2) is 0 Å². The molecule has 19 heavy (non-hydrogen) atoms. The first-order chi connectivity index (χ1) is 8.68. The van der Waals surface area contributed by atoms with Crippen molar-refractivity contribution in [1.29, 1.82) is 0 Å². The van der Waals surface area contributed by atoms with E-state index in [2.05, 4.69) is 45.3 Å². The van der Waals surface area contributed by atoms with Crippen LogP contribution in [0.2, 0.25) is 0 Å². The van der Waals surface area contributed by atoms with E-state index in [9.17, 15) is 4.79 Å². The molecule has 1 saturated heterocycles. The molecule has 1 heterocycles. The summed E-state index contributed by atoms with van der Waals surface area (Å²) in [5, 5.41) is 6.27. The topological polar surface area (TPSA) is 50.4 Å². The van der Waals surface area contributed by atoms with Crippen LogP contribution in [0.25, 0.3) is 0 Å². The fourth-order valence-corrected chi connectivity index (χ4v) is 2.94. The van der Waals surface area contributed by atoms with E-state index in [1.165, 1.54) is 0 Å². The van der Waals surface area contributed by atoms with Gasteiger partial charge in [-0.3, -0.25) is 4.79 Å². The standard InChI is InChI=1S/C15H30N2O2/c1-14(2,3)11-15(4,5)17-13(18)10-16-9-12-7-6-8-19-12/h12,16H,6-11H2,1-5H3,(H,17,18). The highest BCUT2D eigenvalue weighted by Gasteiger charge is 2.26. The van der Waals surface area contributed by atoms with Gasteiger partial charge in [0.1, 0.15) is 0 Å². The monoisotopic (exact) mass is 270 g/mol. The molecule has 2 N–H and O–H groups in total. The summed E-state index contributed by atoms with van der Waals surface area (Å²) >= 11 is 0. The zero-order valence-electron chi connectivity index (χ0n) is 13.1. The molecule has 1 aliphatic rings. The van der Waals surface area contributed by atoms with Crippen LogP contribution in [0.5, 0.6) is 0 Å². The smallest absolute Gasteiger partial charge is 0.234 e. The molecular formula is C15H30N2O2. The van der Waals surface area contributed by atoms with Crippen LogP contribution in [0.1, 0.15) is 53.9 Å². The van der Waals surface area contributed by atoms with Crippen molar-refractivity contribution in [2.45, 2.75) is 65.5 Å². The quantitative estimate of drug-likeness (QED) is 0.777. The third-order valence-electron chi connectivity index (χ3n) is 3.13. The predicted molar refractivity (Wildman–Crippen MR) is 78.1 cm³/mol. The Hall–Kier alpha value is -0.610. The van der Waals surface area contributed by atoms with Gasteiger partial charge in [0, 0.05) is 18.7 Å². The molecule has 4 nitrogen and oxygen atoms in total. The van der Waals surface area contributed by atoms with Crippen LogP contribution in [0.4, 0.5) is 0 Å². The summed E-state index contributed by atoms with van der Waals surface area (Å²) in [6.07, 6.45) is 3.48. The van der Waals surface area contributed by atoms with Crippen LogP contribution >= 0.6 is 0 Å². The Balaban J connectivity index is 2.22. The number of hydrogen-bond donors (Lipinski definition) is 2. The summed E-state index contributed by atoms with van der Waals surface area (Å²) < 4.78 is 5.51. The van der Waals surface area contributed by atoms with E-state index in [-0.39, 0.29) is 23.0 Å². The average molecular weight is 270 g/mol. The normalized spacial score (nSPS) is 20.6. The van der Waals surface area contributed by atoms with Crippen LogP contribution < -0.4 is 10.6 Å². The van der Waals surface area contributed by atoms with Gasteiger partial charge in [-0.25, -0.2) is 0 Å². The Morgan fingerprint density at radius 1 is 1.26 bits per heavy atom. The van der Waals surface area contributed by atoms with Crippen molar-refractivity contribution < 1.29 is 9.53 Å². The molecule has 0 saturated carbocycles. The van der Waals surface area contributed by atoms with Gasteiger partial charge in [-0.2, -0.15) is 0 Å². The number of ether oxygens (including phenoxy) is 1. The van der Waals surface area contributed by atoms with Gasteiger partial charge >= 0.3 is 0 Å². The molecule has 0 bridgehead atoms. The van der Waals surface area contributed by atoms with E-state index in [0.717, 1.165) is 32.4 Å². The van der Waals surface area contributed by atoms with Crippen LogP contribution in [0.3, 0.4) is 0 Å². The molecule has 112 valence electrons. The lowest BCUT2D eigenvalue weighted by molar-refractivity contribution is -0.122. The van der Waals surface area contributed by atoms with Gasteiger partial charge in [0.05, 0.1) is 12.6 Å². The molecule has 0 aromatic rings. The molecule has 1 unspecified atom stereocenters. The molecular weight excluding hydrogens is 240 g/mol. The summed E-state index contributed by atoms with van der Waals surface area (Å²) in [6, 6.07) is 0. The first-order valence-corrected chi connectivity index (χ1v) is 7.31. The highest BCUT2D eigenvalue weighted by atomic mass is 16.5. The molecule has 1 fully saturated rings. The molecule has 1 amide bonds. The minimum absolute atomic E-state index is 0.0623. The maximum atomic E-state index is 11.9. The number of hydrogen-bond acceptors (Lipinski definition) is 3. The second-order valence-corrected chi connectivity index (χ2v) is 7.44. The molecule has 1 aliphatic heterocycles. The predicted octanol–water partition coefficient (Wildman–Crippen LogP) is 2.09. The van der Waals surface area contributed by atoms with Gasteiger partial charge in [0.25, 0.3) is 0 Å². The first-order valence-electron chi connectivity index (χ1n) is 7.31. The van der Waals surface area contributed by atoms with Crippen LogP contribution in [-0.2, 0) is 9.53 Å². The highest BCUT2D eigenvalue weighted by Crippen LogP contribution is 2.26. The highest BCUT2D eigenvalue weighted by molar-refractivity contribution is 5.78. The number of carbonyl (C=O) groups is 1. The first kappa shape index (κ1) is 16.4. The third-order valence-corrected chi connectivity index (χ3v) is 3.13. The summed E-state index contributed by atoms with van der Waals surface area (Å²) in [5.74, 6) is 0.0623. The van der Waals surface area contributed by atoms with E-state index >= 15 is 0 Å². The van der Waals surface area contributed by atoms with E-state index in [1.807, 2.05) is 0 Å². The Morgan fingerprint density at radius 3 is 2.47 bits per heavy atom. The Kier molecular flexibility index (Phi) is 5.81. The minimum Gasteiger partial charge on any atom is -0.377 e. The maximum absolute atomic E-state index is 11.9. The van der Waals surface area contributed by atoms with Crippen molar-refractivity contribution in [3.63, 3.8) is 0 Å². The van der Waals surface area contributed by atoms with Crippen molar-refractivity contribution in [3.8, 4) is 0 Å².